The molecule has 0 aliphatic carbocycles. The number of anilines is 1. The molecule has 1 N–H and O–H groups in total. The SMILES string of the molecule is CC(C)Nc1ccccc1C(=O)N1CCCC(C)(C)C1. The van der Waals surface area contributed by atoms with Crippen LogP contribution in [0.15, 0.2) is 24.3 Å². The Kier molecular flexibility index (Phi) is 4.36. The van der Waals surface area contributed by atoms with Crippen LogP contribution in [0.4, 0.5) is 5.69 Å². The zero-order valence-electron chi connectivity index (χ0n) is 13.1. The molecule has 1 aromatic carbocycles. The van der Waals surface area contributed by atoms with Gasteiger partial charge in [0.2, 0.25) is 0 Å². The minimum Gasteiger partial charge on any atom is -0.382 e. The lowest BCUT2D eigenvalue weighted by Gasteiger charge is -2.38. The van der Waals surface area contributed by atoms with E-state index in [0.717, 1.165) is 30.8 Å². The first-order chi connectivity index (χ1) is 9.39. The predicted octanol–water partition coefficient (Wildman–Crippen LogP) is 3.77. The van der Waals surface area contributed by atoms with Crippen molar-refractivity contribution in [2.75, 3.05) is 18.4 Å². The number of carbonyl (C=O) groups excluding carboxylic acids is 1. The number of benzene rings is 1. The van der Waals surface area contributed by atoms with Crippen LogP contribution in [0, 0.1) is 5.41 Å². The molecule has 1 aromatic rings. The fourth-order valence-electron chi connectivity index (χ4n) is 2.87. The highest BCUT2D eigenvalue weighted by Crippen LogP contribution is 2.30. The quantitative estimate of drug-likeness (QED) is 0.910. The number of piperidine rings is 1. The van der Waals surface area contributed by atoms with Gasteiger partial charge in [0.15, 0.2) is 0 Å². The Morgan fingerprint density at radius 2 is 2.00 bits per heavy atom. The van der Waals surface area contributed by atoms with Crippen LogP contribution in [0.5, 0.6) is 0 Å². The summed E-state index contributed by atoms with van der Waals surface area (Å²) in [5, 5.41) is 3.37. The van der Waals surface area contributed by atoms with Crippen LogP contribution in [0.25, 0.3) is 0 Å². The van der Waals surface area contributed by atoms with Crippen molar-refractivity contribution in [1.82, 2.24) is 4.90 Å². The third kappa shape index (κ3) is 3.53. The summed E-state index contributed by atoms with van der Waals surface area (Å²) in [6.45, 7) is 10.4. The van der Waals surface area contributed by atoms with Crippen molar-refractivity contribution in [2.45, 2.75) is 46.6 Å². The molecular formula is C17H26N2O. The van der Waals surface area contributed by atoms with Crippen LogP contribution in [0.3, 0.4) is 0 Å². The highest BCUT2D eigenvalue weighted by atomic mass is 16.2. The molecule has 0 aromatic heterocycles. The van der Waals surface area contributed by atoms with Gasteiger partial charge in [0.25, 0.3) is 5.91 Å². The van der Waals surface area contributed by atoms with Crippen LogP contribution < -0.4 is 5.32 Å². The summed E-state index contributed by atoms with van der Waals surface area (Å²) >= 11 is 0. The zero-order chi connectivity index (χ0) is 14.8. The lowest BCUT2D eigenvalue weighted by molar-refractivity contribution is 0.0584. The molecule has 1 amide bonds. The normalized spacial score (nSPS) is 18.1. The molecule has 0 unspecified atom stereocenters. The van der Waals surface area contributed by atoms with Crippen molar-refractivity contribution >= 4 is 11.6 Å². The number of nitrogens with zero attached hydrogens (tertiary/aromatic N) is 1. The van der Waals surface area contributed by atoms with Gasteiger partial charge < -0.3 is 10.2 Å². The fraction of sp³-hybridized carbons (Fsp3) is 0.588. The molecule has 1 saturated heterocycles. The average molecular weight is 274 g/mol. The average Bonchev–Trinajstić information content (AvgIpc) is 2.36. The number of rotatable bonds is 3. The van der Waals surface area contributed by atoms with E-state index in [2.05, 4.69) is 33.0 Å². The van der Waals surface area contributed by atoms with Gasteiger partial charge in [0, 0.05) is 24.8 Å². The van der Waals surface area contributed by atoms with Gasteiger partial charge in [0.1, 0.15) is 0 Å². The van der Waals surface area contributed by atoms with Crippen LogP contribution in [-0.2, 0) is 0 Å². The number of nitrogens with one attached hydrogen (secondary N) is 1. The zero-order valence-corrected chi connectivity index (χ0v) is 13.1. The Balaban J connectivity index is 2.20. The first kappa shape index (κ1) is 14.9. The van der Waals surface area contributed by atoms with Crippen molar-refractivity contribution in [2.24, 2.45) is 5.41 Å². The van der Waals surface area contributed by atoms with Crippen molar-refractivity contribution in [3.05, 3.63) is 29.8 Å². The van der Waals surface area contributed by atoms with E-state index in [0.29, 0.717) is 6.04 Å². The largest absolute Gasteiger partial charge is 0.382 e. The molecule has 0 spiro atoms. The highest BCUT2D eigenvalue weighted by Gasteiger charge is 2.30. The summed E-state index contributed by atoms with van der Waals surface area (Å²) in [4.78, 5) is 14.8. The summed E-state index contributed by atoms with van der Waals surface area (Å²) < 4.78 is 0. The lowest BCUT2D eigenvalue weighted by Crippen LogP contribution is -2.43. The van der Waals surface area contributed by atoms with E-state index in [1.54, 1.807) is 0 Å². The second kappa shape index (κ2) is 5.86. The molecule has 20 heavy (non-hydrogen) atoms. The summed E-state index contributed by atoms with van der Waals surface area (Å²) in [5.74, 6) is 0.154. The smallest absolute Gasteiger partial charge is 0.255 e. The van der Waals surface area contributed by atoms with Crippen molar-refractivity contribution in [1.29, 1.82) is 0 Å². The van der Waals surface area contributed by atoms with Gasteiger partial charge >= 0.3 is 0 Å². The number of amides is 1. The first-order valence-electron chi connectivity index (χ1n) is 7.54. The van der Waals surface area contributed by atoms with Crippen molar-refractivity contribution < 1.29 is 4.79 Å². The molecule has 1 aliphatic rings. The van der Waals surface area contributed by atoms with Crippen LogP contribution in [0.2, 0.25) is 0 Å². The van der Waals surface area contributed by atoms with E-state index >= 15 is 0 Å². The predicted molar refractivity (Wildman–Crippen MR) is 84.1 cm³/mol. The fourth-order valence-corrected chi connectivity index (χ4v) is 2.87. The second-order valence-electron chi connectivity index (χ2n) is 6.84. The third-order valence-electron chi connectivity index (χ3n) is 3.79. The summed E-state index contributed by atoms with van der Waals surface area (Å²) in [5.41, 5.74) is 1.96. The van der Waals surface area contributed by atoms with E-state index in [9.17, 15) is 4.79 Å². The van der Waals surface area contributed by atoms with Gasteiger partial charge in [-0.3, -0.25) is 4.79 Å². The van der Waals surface area contributed by atoms with Gasteiger partial charge in [-0.1, -0.05) is 26.0 Å². The van der Waals surface area contributed by atoms with E-state index in [1.165, 1.54) is 6.42 Å². The number of hydrogen-bond acceptors (Lipinski definition) is 2. The summed E-state index contributed by atoms with van der Waals surface area (Å²) in [7, 11) is 0. The molecule has 2 rings (SSSR count). The molecule has 0 bridgehead atoms. The van der Waals surface area contributed by atoms with E-state index < -0.39 is 0 Å². The number of para-hydroxylation sites is 1. The van der Waals surface area contributed by atoms with Crippen LogP contribution in [0.1, 0.15) is 50.9 Å². The molecule has 1 aliphatic heterocycles. The first-order valence-corrected chi connectivity index (χ1v) is 7.54. The monoisotopic (exact) mass is 274 g/mol. The summed E-state index contributed by atoms with van der Waals surface area (Å²) in [6.07, 6.45) is 2.29. The Labute approximate surface area is 122 Å². The molecule has 1 fully saturated rings. The second-order valence-corrected chi connectivity index (χ2v) is 6.84. The van der Waals surface area contributed by atoms with Crippen LogP contribution >= 0.6 is 0 Å². The maximum absolute atomic E-state index is 12.8. The third-order valence-corrected chi connectivity index (χ3v) is 3.79. The molecule has 110 valence electrons. The molecule has 0 atom stereocenters. The molecule has 3 nitrogen and oxygen atoms in total. The van der Waals surface area contributed by atoms with Crippen molar-refractivity contribution in [3.8, 4) is 0 Å². The molecule has 0 saturated carbocycles. The number of hydrogen-bond donors (Lipinski definition) is 1. The standard InChI is InChI=1S/C17H26N2O/c1-13(2)18-15-9-6-5-8-14(15)16(20)19-11-7-10-17(3,4)12-19/h5-6,8-9,13,18H,7,10-12H2,1-4H3. The van der Waals surface area contributed by atoms with E-state index in [1.807, 2.05) is 29.2 Å². The van der Waals surface area contributed by atoms with Gasteiger partial charge in [-0.05, 0) is 44.2 Å². The topological polar surface area (TPSA) is 32.3 Å². The van der Waals surface area contributed by atoms with Crippen molar-refractivity contribution in [3.63, 3.8) is 0 Å². The highest BCUT2D eigenvalue weighted by molar-refractivity contribution is 5.99. The van der Waals surface area contributed by atoms with E-state index in [4.69, 9.17) is 0 Å². The minimum absolute atomic E-state index is 0.154. The number of carbonyl (C=O) groups is 1. The molecule has 0 radical (unpaired) electrons. The molecule has 3 heteroatoms. The van der Waals surface area contributed by atoms with Gasteiger partial charge in [-0.25, -0.2) is 0 Å². The minimum atomic E-state index is 0.154. The molecular weight excluding hydrogens is 248 g/mol. The van der Waals surface area contributed by atoms with Gasteiger partial charge in [-0.15, -0.1) is 0 Å². The van der Waals surface area contributed by atoms with Gasteiger partial charge in [-0.2, -0.15) is 0 Å². The Bertz CT molecular complexity index is 480. The Hall–Kier alpha value is -1.51. The maximum atomic E-state index is 12.8. The van der Waals surface area contributed by atoms with Crippen LogP contribution in [-0.4, -0.2) is 29.9 Å². The Morgan fingerprint density at radius 3 is 2.65 bits per heavy atom. The maximum Gasteiger partial charge on any atom is 0.255 e. The summed E-state index contributed by atoms with van der Waals surface area (Å²) in [6, 6.07) is 8.15. The Morgan fingerprint density at radius 1 is 1.30 bits per heavy atom. The van der Waals surface area contributed by atoms with Gasteiger partial charge in [0.05, 0.1) is 5.56 Å². The lowest BCUT2D eigenvalue weighted by atomic mass is 9.84. The molecule has 1 heterocycles. The van der Waals surface area contributed by atoms with E-state index in [-0.39, 0.29) is 11.3 Å². The number of likely N-dealkylation sites (tertiary alicyclic amines) is 1.